The van der Waals surface area contributed by atoms with Crippen LogP contribution in [0.15, 0.2) is 115 Å². The second-order valence-electron chi connectivity index (χ2n) is 17.9. The number of halogens is 5. The standard InChI is InChI=1S/C49H48ClF4N9O7/c1-47(2,3)26-49(35-15-11-31(12-16-35)34-21-56-62(23-34)43(51)52)42(64)63(44(58-49)57-45(65)69-24-30-9-7-6-8-10-30)39(25-70-46(66)60-27-48(53,54)28-60)32-14-18-38(50)37(19-32)41-55-29-61(59-41)22-33-13-17-36(67-4)20-40(33)68-5/h6-21,23,29,39,43H,22,24-28H2,1-5H3,(H,57,58,65)/t39?,49-/m1/s1. The molecule has 8 rings (SSSR count). The zero-order valence-corrected chi connectivity index (χ0v) is 39.4. The number of amides is 3. The summed E-state index contributed by atoms with van der Waals surface area (Å²) >= 11 is 6.84. The second kappa shape index (κ2) is 19.9. The fourth-order valence-electron chi connectivity index (χ4n) is 8.29. The number of hydrogen-bond acceptors (Lipinski definition) is 11. The Labute approximate surface area is 404 Å². The summed E-state index contributed by atoms with van der Waals surface area (Å²) in [5, 5.41) is 11.3. The maximum Gasteiger partial charge on any atom is 0.414 e. The van der Waals surface area contributed by atoms with E-state index in [0.29, 0.717) is 49.6 Å². The lowest BCUT2D eigenvalue weighted by Crippen LogP contribution is -2.58. The van der Waals surface area contributed by atoms with E-state index in [1.165, 1.54) is 30.7 Å². The van der Waals surface area contributed by atoms with Crippen LogP contribution in [0.4, 0.5) is 27.2 Å². The van der Waals surface area contributed by atoms with Gasteiger partial charge in [0.25, 0.3) is 11.8 Å². The largest absolute Gasteiger partial charge is 0.497 e. The molecule has 0 saturated carbocycles. The summed E-state index contributed by atoms with van der Waals surface area (Å²) in [5.74, 6) is -2.70. The molecule has 6 aromatic rings. The van der Waals surface area contributed by atoms with Crippen molar-refractivity contribution in [3.8, 4) is 34.0 Å². The molecule has 0 bridgehead atoms. The van der Waals surface area contributed by atoms with Crippen LogP contribution in [-0.4, -0.2) is 98.2 Å². The van der Waals surface area contributed by atoms with Crippen molar-refractivity contribution in [2.45, 2.75) is 64.4 Å². The Balaban J connectivity index is 1.21. The summed E-state index contributed by atoms with van der Waals surface area (Å²) in [7, 11) is 3.08. The second-order valence-corrected chi connectivity index (χ2v) is 18.4. The SMILES string of the molecule is COc1ccc(Cn2cnc(-c3cc(C(COC(=O)N4CC(F)(F)C4)N4C(=O)[C@@](CC(C)(C)C)(c5ccc(-c6cnn(C(F)F)c6)cc5)N=C4NC(=O)OCc4ccccc4)ccc3Cl)n2)c(OC)c1. The van der Waals surface area contributed by atoms with Crippen LogP contribution in [0.5, 0.6) is 11.5 Å². The third-order valence-electron chi connectivity index (χ3n) is 11.6. The summed E-state index contributed by atoms with van der Waals surface area (Å²) in [6, 6.07) is 24.2. The van der Waals surface area contributed by atoms with Gasteiger partial charge in [-0.1, -0.05) is 93.0 Å². The Bertz CT molecular complexity index is 2900. The maximum absolute atomic E-state index is 15.7. The fraction of sp³-hybridized carbons (Fsp3) is 0.327. The number of carbonyl (C=O) groups excluding carboxylic acids is 3. The highest BCUT2D eigenvalue weighted by atomic mass is 35.5. The van der Waals surface area contributed by atoms with Crippen LogP contribution in [0.3, 0.4) is 0 Å². The number of hydrogen-bond donors (Lipinski definition) is 1. The van der Waals surface area contributed by atoms with Crippen molar-refractivity contribution in [2.24, 2.45) is 10.4 Å². The number of alkyl halides is 4. The lowest BCUT2D eigenvalue weighted by atomic mass is 9.75. The van der Waals surface area contributed by atoms with Crippen LogP contribution in [0, 0.1) is 5.41 Å². The topological polar surface area (TPSA) is 168 Å². The van der Waals surface area contributed by atoms with Crippen LogP contribution in [-0.2, 0) is 33.0 Å². The number of methoxy groups -OCH3 is 2. The lowest BCUT2D eigenvalue weighted by molar-refractivity contribution is -0.135. The van der Waals surface area contributed by atoms with Gasteiger partial charge in [-0.2, -0.15) is 19.0 Å². The van der Waals surface area contributed by atoms with Crippen LogP contribution in [0.1, 0.15) is 62.0 Å². The molecule has 2 atom stereocenters. The molecule has 21 heteroatoms. The molecular weight excluding hydrogens is 938 g/mol. The molecule has 1 unspecified atom stereocenters. The molecule has 3 amide bonds. The summed E-state index contributed by atoms with van der Waals surface area (Å²) in [5.41, 5.74) is 0.943. The van der Waals surface area contributed by atoms with Gasteiger partial charge in [0.1, 0.15) is 31.0 Å². The Hall–Kier alpha value is -7.48. The predicted octanol–water partition coefficient (Wildman–Crippen LogP) is 9.51. The Morgan fingerprint density at radius 1 is 0.914 bits per heavy atom. The average Bonchev–Trinajstić information content (AvgIpc) is 4.07. The number of rotatable bonds is 15. The molecule has 0 radical (unpaired) electrons. The van der Waals surface area contributed by atoms with E-state index in [-0.39, 0.29) is 36.4 Å². The van der Waals surface area contributed by atoms with Gasteiger partial charge in [0.15, 0.2) is 11.4 Å². The van der Waals surface area contributed by atoms with E-state index in [9.17, 15) is 27.2 Å². The summed E-state index contributed by atoms with van der Waals surface area (Å²) in [6.07, 6.45) is 2.01. The normalized spacial score (nSPS) is 17.0. The zero-order valence-electron chi connectivity index (χ0n) is 38.6. The molecule has 2 aliphatic rings. The quantitative estimate of drug-likeness (QED) is 0.0979. The number of nitrogens with zero attached hydrogens (tertiary/aromatic N) is 8. The third-order valence-corrected chi connectivity index (χ3v) is 11.9. The average molecular weight is 986 g/mol. The third kappa shape index (κ3) is 10.7. The molecule has 0 aliphatic carbocycles. The lowest BCUT2D eigenvalue weighted by Gasteiger charge is -2.38. The van der Waals surface area contributed by atoms with Gasteiger partial charge in [-0.05, 0) is 58.4 Å². The molecule has 366 valence electrons. The van der Waals surface area contributed by atoms with Gasteiger partial charge >= 0.3 is 18.7 Å². The van der Waals surface area contributed by atoms with Crippen LogP contribution in [0.25, 0.3) is 22.5 Å². The zero-order chi connectivity index (χ0) is 50.0. The molecule has 0 spiro atoms. The van der Waals surface area contributed by atoms with Gasteiger partial charge in [-0.25, -0.2) is 37.7 Å². The monoisotopic (exact) mass is 985 g/mol. The molecule has 2 aromatic heterocycles. The minimum atomic E-state index is -3.10. The molecule has 16 nitrogen and oxygen atoms in total. The summed E-state index contributed by atoms with van der Waals surface area (Å²) in [4.78, 5) is 54.5. The first kappa shape index (κ1) is 49.0. The van der Waals surface area contributed by atoms with Crippen LogP contribution in [0.2, 0.25) is 5.02 Å². The van der Waals surface area contributed by atoms with Crippen molar-refractivity contribution in [1.29, 1.82) is 0 Å². The predicted molar refractivity (Wildman–Crippen MR) is 248 cm³/mol. The molecule has 4 aromatic carbocycles. The molecule has 1 fully saturated rings. The highest BCUT2D eigenvalue weighted by Gasteiger charge is 2.55. The minimum absolute atomic E-state index is 0.0593. The fourth-order valence-corrected chi connectivity index (χ4v) is 8.49. The van der Waals surface area contributed by atoms with Crippen molar-refractivity contribution in [2.75, 3.05) is 33.9 Å². The van der Waals surface area contributed by atoms with Crippen molar-refractivity contribution in [3.05, 3.63) is 137 Å². The Morgan fingerprint density at radius 3 is 2.31 bits per heavy atom. The van der Waals surface area contributed by atoms with E-state index < -0.39 is 67.3 Å². The number of aliphatic imine (C=N–C) groups is 1. The van der Waals surface area contributed by atoms with E-state index in [1.807, 2.05) is 32.9 Å². The van der Waals surface area contributed by atoms with Gasteiger partial charge < -0.3 is 18.9 Å². The van der Waals surface area contributed by atoms with E-state index in [0.717, 1.165) is 10.5 Å². The smallest absolute Gasteiger partial charge is 0.414 e. The van der Waals surface area contributed by atoms with E-state index in [2.05, 4.69) is 20.5 Å². The summed E-state index contributed by atoms with van der Waals surface area (Å²) in [6.45, 7) is 0.603. The molecule has 70 heavy (non-hydrogen) atoms. The first-order valence-corrected chi connectivity index (χ1v) is 22.3. The first-order valence-electron chi connectivity index (χ1n) is 21.9. The maximum atomic E-state index is 15.7. The number of likely N-dealkylation sites (tertiary alicyclic amines) is 1. The number of ether oxygens (including phenoxy) is 4. The molecular formula is C49H48ClF4N9O7. The van der Waals surface area contributed by atoms with Gasteiger partial charge in [0.2, 0.25) is 5.96 Å². The molecule has 1 N–H and O–H groups in total. The number of aromatic nitrogens is 5. The van der Waals surface area contributed by atoms with Crippen LogP contribution >= 0.6 is 11.6 Å². The number of carbonyl (C=O) groups is 3. The van der Waals surface area contributed by atoms with Crippen molar-refractivity contribution >= 4 is 35.7 Å². The van der Waals surface area contributed by atoms with E-state index in [1.54, 1.807) is 90.7 Å². The van der Waals surface area contributed by atoms with Gasteiger partial charge in [-0.3, -0.25) is 19.9 Å². The number of benzene rings is 4. The number of alkyl carbamates (subject to hydrolysis) is 1. The van der Waals surface area contributed by atoms with Gasteiger partial charge in [0, 0.05) is 29.0 Å². The Kier molecular flexibility index (Phi) is 13.9. The Morgan fingerprint density at radius 2 is 1.66 bits per heavy atom. The molecule has 2 aliphatic heterocycles. The van der Waals surface area contributed by atoms with Crippen molar-refractivity contribution in [3.63, 3.8) is 0 Å². The van der Waals surface area contributed by atoms with E-state index in [4.69, 9.17) is 35.5 Å². The summed E-state index contributed by atoms with van der Waals surface area (Å²) < 4.78 is 79.2. The highest BCUT2D eigenvalue weighted by molar-refractivity contribution is 6.33. The van der Waals surface area contributed by atoms with Gasteiger partial charge in [-0.15, -0.1) is 0 Å². The number of nitrogens with one attached hydrogen (secondary N) is 1. The highest BCUT2D eigenvalue weighted by Crippen LogP contribution is 2.46. The number of guanidine groups is 1. The van der Waals surface area contributed by atoms with Crippen LogP contribution < -0.4 is 14.8 Å². The molecule has 1 saturated heterocycles. The van der Waals surface area contributed by atoms with E-state index >= 15 is 4.79 Å². The molecule has 4 heterocycles. The minimum Gasteiger partial charge on any atom is -0.497 e. The van der Waals surface area contributed by atoms with Crippen molar-refractivity contribution in [1.82, 2.24) is 39.7 Å². The first-order chi connectivity index (χ1) is 33.3. The van der Waals surface area contributed by atoms with Crippen molar-refractivity contribution < 1.29 is 50.9 Å². The van der Waals surface area contributed by atoms with Gasteiger partial charge in [0.05, 0.1) is 51.1 Å².